The average Bonchev–Trinajstić information content (AvgIpc) is 2.49. The monoisotopic (exact) mass is 307 g/mol. The molecule has 7 nitrogen and oxygen atoms in total. The Morgan fingerprint density at radius 2 is 2.27 bits per heavy atom. The van der Waals surface area contributed by atoms with Gasteiger partial charge in [-0.15, -0.1) is 0 Å². The smallest absolute Gasteiger partial charge is 0.329 e. The lowest BCUT2D eigenvalue weighted by Crippen LogP contribution is -2.52. The van der Waals surface area contributed by atoms with Crippen molar-refractivity contribution in [3.8, 4) is 5.75 Å². The van der Waals surface area contributed by atoms with E-state index in [1.54, 1.807) is 26.0 Å². The maximum absolute atomic E-state index is 12.4. The second-order valence-corrected chi connectivity index (χ2v) is 5.22. The number of carbonyl (C=O) groups excluding carboxylic acids is 2. The van der Waals surface area contributed by atoms with E-state index in [0.29, 0.717) is 12.4 Å². The summed E-state index contributed by atoms with van der Waals surface area (Å²) in [6.07, 6.45) is 1.02. The summed E-state index contributed by atoms with van der Waals surface area (Å²) < 4.78 is 10.7. The highest BCUT2D eigenvalue weighted by Crippen LogP contribution is 2.34. The molecule has 0 bridgehead atoms. The van der Waals surface area contributed by atoms with E-state index in [1.807, 2.05) is 6.92 Å². The molecule has 0 fully saturated rings. The van der Waals surface area contributed by atoms with Gasteiger partial charge in [0, 0.05) is 0 Å². The lowest BCUT2D eigenvalue weighted by Gasteiger charge is -2.34. The van der Waals surface area contributed by atoms with Crippen LogP contribution in [-0.2, 0) is 14.3 Å². The molecule has 1 aromatic heterocycles. The number of nitrogens with two attached hydrogens (primary N) is 1. The first-order valence-electron chi connectivity index (χ1n) is 7.38. The fourth-order valence-corrected chi connectivity index (χ4v) is 2.17. The minimum Gasteiger partial charge on any atom is -0.477 e. The molecule has 0 saturated carbocycles. The Morgan fingerprint density at radius 1 is 1.55 bits per heavy atom. The Balaban J connectivity index is 2.26. The number of nitrogen functional groups attached to an aromatic ring is 1. The van der Waals surface area contributed by atoms with E-state index in [0.717, 1.165) is 12.8 Å². The van der Waals surface area contributed by atoms with Crippen molar-refractivity contribution in [3.63, 3.8) is 0 Å². The quantitative estimate of drug-likeness (QED) is 0.654. The van der Waals surface area contributed by atoms with Crippen molar-refractivity contribution in [2.75, 3.05) is 17.2 Å². The first kappa shape index (κ1) is 16.1. The van der Waals surface area contributed by atoms with Crippen LogP contribution in [0, 0.1) is 0 Å². The van der Waals surface area contributed by atoms with Crippen molar-refractivity contribution in [1.29, 1.82) is 0 Å². The summed E-state index contributed by atoms with van der Waals surface area (Å²) in [6, 6.07) is 2.44. The Bertz CT molecular complexity index is 576. The Hall–Kier alpha value is -2.31. The maximum atomic E-state index is 12.4. The summed E-state index contributed by atoms with van der Waals surface area (Å²) in [5.74, 6) is 0.121. The van der Waals surface area contributed by atoms with Gasteiger partial charge in [0.05, 0.1) is 6.61 Å². The molecule has 0 aromatic carbocycles. The number of unbranched alkanes of at least 4 members (excludes halogenated alkanes) is 1. The van der Waals surface area contributed by atoms with Crippen LogP contribution in [0.2, 0.25) is 0 Å². The van der Waals surface area contributed by atoms with Gasteiger partial charge in [-0.2, -0.15) is 0 Å². The zero-order valence-electron chi connectivity index (χ0n) is 13.0. The van der Waals surface area contributed by atoms with E-state index in [4.69, 9.17) is 15.2 Å². The SMILES string of the molecule is CCCCOC(=O)C(C)N1C(=O)C(C)Oc2ccc(N)nc21. The predicted octanol–water partition coefficient (Wildman–Crippen LogP) is 1.51. The molecular weight excluding hydrogens is 286 g/mol. The van der Waals surface area contributed by atoms with Gasteiger partial charge in [0.2, 0.25) is 0 Å². The molecule has 0 saturated heterocycles. The number of anilines is 2. The predicted molar refractivity (Wildman–Crippen MR) is 81.6 cm³/mol. The molecule has 2 rings (SSSR count). The van der Waals surface area contributed by atoms with Crippen molar-refractivity contribution in [3.05, 3.63) is 12.1 Å². The van der Waals surface area contributed by atoms with Crippen molar-refractivity contribution < 1.29 is 19.1 Å². The van der Waals surface area contributed by atoms with E-state index >= 15 is 0 Å². The summed E-state index contributed by atoms with van der Waals surface area (Å²) in [6.45, 7) is 5.58. The number of aromatic nitrogens is 1. The fraction of sp³-hybridized carbons (Fsp3) is 0.533. The van der Waals surface area contributed by atoms with Crippen LogP contribution in [0.3, 0.4) is 0 Å². The molecule has 1 aliphatic rings. The van der Waals surface area contributed by atoms with E-state index in [1.165, 1.54) is 4.90 Å². The fourth-order valence-electron chi connectivity index (χ4n) is 2.17. The van der Waals surface area contributed by atoms with Gasteiger partial charge in [-0.05, 0) is 32.4 Å². The van der Waals surface area contributed by atoms with Gasteiger partial charge in [0.15, 0.2) is 17.7 Å². The number of nitrogens with zero attached hydrogens (tertiary/aromatic N) is 2. The Labute approximate surface area is 129 Å². The Kier molecular flexibility index (Phi) is 4.85. The van der Waals surface area contributed by atoms with Crippen LogP contribution in [-0.4, -0.2) is 35.6 Å². The molecule has 1 amide bonds. The van der Waals surface area contributed by atoms with Gasteiger partial charge in [0.25, 0.3) is 5.91 Å². The van der Waals surface area contributed by atoms with Crippen molar-refractivity contribution in [1.82, 2.24) is 4.98 Å². The van der Waals surface area contributed by atoms with Crippen LogP contribution in [0.25, 0.3) is 0 Å². The molecule has 2 atom stereocenters. The summed E-state index contributed by atoms with van der Waals surface area (Å²) in [4.78, 5) is 30.0. The summed E-state index contributed by atoms with van der Waals surface area (Å²) in [5.41, 5.74) is 5.68. The molecule has 0 spiro atoms. The first-order valence-corrected chi connectivity index (χ1v) is 7.38. The summed E-state index contributed by atoms with van der Waals surface area (Å²) >= 11 is 0. The van der Waals surface area contributed by atoms with Gasteiger partial charge in [-0.1, -0.05) is 13.3 Å². The second-order valence-electron chi connectivity index (χ2n) is 5.22. The van der Waals surface area contributed by atoms with E-state index in [2.05, 4.69) is 4.98 Å². The highest BCUT2D eigenvalue weighted by molar-refractivity contribution is 6.03. The molecule has 120 valence electrons. The normalized spacial score (nSPS) is 18.4. The number of ether oxygens (including phenoxy) is 2. The van der Waals surface area contributed by atoms with Crippen LogP contribution >= 0.6 is 0 Å². The molecule has 2 unspecified atom stereocenters. The zero-order valence-corrected chi connectivity index (χ0v) is 13.0. The van der Waals surface area contributed by atoms with Crippen molar-refractivity contribution in [2.24, 2.45) is 0 Å². The lowest BCUT2D eigenvalue weighted by molar-refractivity contribution is -0.146. The molecule has 7 heteroatoms. The summed E-state index contributed by atoms with van der Waals surface area (Å²) in [5, 5.41) is 0. The highest BCUT2D eigenvalue weighted by atomic mass is 16.5. The van der Waals surface area contributed by atoms with Gasteiger partial charge in [-0.25, -0.2) is 9.78 Å². The van der Waals surface area contributed by atoms with Gasteiger partial charge < -0.3 is 15.2 Å². The van der Waals surface area contributed by atoms with Crippen LogP contribution in [0.1, 0.15) is 33.6 Å². The number of rotatable bonds is 5. The third-order valence-electron chi connectivity index (χ3n) is 3.45. The number of hydrogen-bond acceptors (Lipinski definition) is 6. The minimum absolute atomic E-state index is 0.251. The standard InChI is InChI=1S/C15H21N3O4/c1-4-5-8-21-15(20)9(2)18-13-11(6-7-12(16)17-13)22-10(3)14(18)19/h6-7,9-10H,4-5,8H2,1-3H3,(H2,16,17). The third-order valence-corrected chi connectivity index (χ3v) is 3.45. The highest BCUT2D eigenvalue weighted by Gasteiger charge is 2.39. The molecule has 22 heavy (non-hydrogen) atoms. The van der Waals surface area contributed by atoms with Gasteiger partial charge in [0.1, 0.15) is 11.9 Å². The maximum Gasteiger partial charge on any atom is 0.329 e. The third kappa shape index (κ3) is 3.13. The average molecular weight is 307 g/mol. The molecule has 1 aliphatic heterocycles. The second kappa shape index (κ2) is 6.64. The lowest BCUT2D eigenvalue weighted by atomic mass is 10.2. The van der Waals surface area contributed by atoms with E-state index < -0.39 is 18.1 Å². The molecular formula is C15H21N3O4. The molecule has 2 N–H and O–H groups in total. The van der Waals surface area contributed by atoms with Gasteiger partial charge >= 0.3 is 5.97 Å². The zero-order chi connectivity index (χ0) is 16.3. The Morgan fingerprint density at radius 3 is 2.95 bits per heavy atom. The number of pyridine rings is 1. The topological polar surface area (TPSA) is 94.8 Å². The number of esters is 1. The number of fused-ring (bicyclic) bond motifs is 1. The first-order chi connectivity index (χ1) is 10.5. The molecule has 0 aliphatic carbocycles. The van der Waals surface area contributed by atoms with Crippen molar-refractivity contribution >= 4 is 23.5 Å². The number of carbonyl (C=O) groups is 2. The van der Waals surface area contributed by atoms with Crippen molar-refractivity contribution in [2.45, 2.75) is 45.8 Å². The van der Waals surface area contributed by atoms with Crippen LogP contribution < -0.4 is 15.4 Å². The molecule has 2 heterocycles. The van der Waals surface area contributed by atoms with E-state index in [9.17, 15) is 9.59 Å². The number of amides is 1. The molecule has 0 radical (unpaired) electrons. The largest absolute Gasteiger partial charge is 0.477 e. The number of hydrogen-bond donors (Lipinski definition) is 1. The summed E-state index contributed by atoms with van der Waals surface area (Å²) in [7, 11) is 0. The van der Waals surface area contributed by atoms with Crippen LogP contribution in [0.4, 0.5) is 11.6 Å². The minimum atomic E-state index is -0.788. The van der Waals surface area contributed by atoms with Crippen LogP contribution in [0.5, 0.6) is 5.75 Å². The van der Waals surface area contributed by atoms with E-state index in [-0.39, 0.29) is 17.5 Å². The van der Waals surface area contributed by atoms with Crippen LogP contribution in [0.15, 0.2) is 12.1 Å². The van der Waals surface area contributed by atoms with Gasteiger partial charge in [-0.3, -0.25) is 9.69 Å². The molecule has 1 aromatic rings.